The first-order chi connectivity index (χ1) is 6.99. The Bertz CT molecular complexity index is 337. The van der Waals surface area contributed by atoms with Gasteiger partial charge in [-0.2, -0.15) is 8.78 Å². The van der Waals surface area contributed by atoms with Crippen molar-refractivity contribution in [1.82, 2.24) is 0 Å². The maximum atomic E-state index is 12.7. The van der Waals surface area contributed by atoms with E-state index < -0.39 is 11.4 Å². The monoisotopic (exact) mass is 235 g/mol. The Labute approximate surface area is 90.0 Å². The van der Waals surface area contributed by atoms with Crippen LogP contribution in [0.15, 0.2) is 29.4 Å². The van der Waals surface area contributed by atoms with Crippen LogP contribution in [0.1, 0.15) is 11.6 Å². The highest BCUT2D eigenvalue weighted by molar-refractivity contribution is 6.22. The second-order valence-corrected chi connectivity index (χ2v) is 3.33. The van der Waals surface area contributed by atoms with Gasteiger partial charge < -0.3 is 4.74 Å². The van der Waals surface area contributed by atoms with Crippen LogP contribution < -0.4 is 4.74 Å². The number of ether oxygens (including phenoxy) is 1. The summed E-state index contributed by atoms with van der Waals surface area (Å²) in [6.45, 7) is 0. The molecule has 3 nitrogen and oxygen atoms in total. The van der Waals surface area contributed by atoms with Crippen molar-refractivity contribution in [1.29, 1.82) is 0 Å². The molecular weight excluding hydrogens is 228 g/mol. The van der Waals surface area contributed by atoms with Gasteiger partial charge in [0.25, 0.3) is 0 Å². The van der Waals surface area contributed by atoms with Crippen LogP contribution in [0.3, 0.4) is 0 Å². The van der Waals surface area contributed by atoms with E-state index >= 15 is 0 Å². The fraction of sp³-hybridized carbons (Fsp3) is 0.333. The van der Waals surface area contributed by atoms with Gasteiger partial charge in [0.05, 0.1) is 7.11 Å². The SMILES string of the molecule is COc1ccc(C(N=O)C(F)(F)Cl)cc1. The minimum absolute atomic E-state index is 0.0470. The molecule has 0 radical (unpaired) electrons. The predicted octanol–water partition coefficient (Wildman–Crippen LogP) is 3.33. The minimum Gasteiger partial charge on any atom is -0.497 e. The van der Waals surface area contributed by atoms with Gasteiger partial charge in [-0.05, 0) is 29.3 Å². The van der Waals surface area contributed by atoms with Gasteiger partial charge in [-0.3, -0.25) is 0 Å². The van der Waals surface area contributed by atoms with Crippen LogP contribution in [0, 0.1) is 4.91 Å². The zero-order chi connectivity index (χ0) is 11.5. The van der Waals surface area contributed by atoms with Gasteiger partial charge in [-0.1, -0.05) is 17.3 Å². The molecular formula is C9H8ClF2NO2. The lowest BCUT2D eigenvalue weighted by molar-refractivity contribution is 0.0658. The standard InChI is InChI=1S/C9H8ClF2NO2/c1-15-7-4-2-6(3-5-7)8(13-14)9(10,11)12/h2-5,8H,1H3. The first kappa shape index (κ1) is 11.8. The number of rotatable bonds is 4. The highest BCUT2D eigenvalue weighted by Gasteiger charge is 2.39. The lowest BCUT2D eigenvalue weighted by atomic mass is 10.1. The molecule has 0 spiro atoms. The summed E-state index contributed by atoms with van der Waals surface area (Å²) in [6.07, 6.45) is 0. The third-order valence-corrected chi connectivity index (χ3v) is 2.05. The lowest BCUT2D eigenvalue weighted by Gasteiger charge is -2.14. The molecule has 0 bridgehead atoms. The van der Waals surface area contributed by atoms with E-state index in [-0.39, 0.29) is 5.56 Å². The number of nitrogens with zero attached hydrogens (tertiary/aromatic N) is 1. The normalized spacial score (nSPS) is 13.3. The molecule has 0 aliphatic carbocycles. The van der Waals surface area contributed by atoms with E-state index in [1.165, 1.54) is 31.4 Å². The van der Waals surface area contributed by atoms with E-state index in [4.69, 9.17) is 16.3 Å². The molecule has 1 atom stereocenters. The molecule has 1 rings (SSSR count). The average Bonchev–Trinajstić information content (AvgIpc) is 2.18. The van der Waals surface area contributed by atoms with Gasteiger partial charge in [0.1, 0.15) is 5.75 Å². The largest absolute Gasteiger partial charge is 0.497 e. The van der Waals surface area contributed by atoms with Crippen molar-refractivity contribution in [3.05, 3.63) is 34.7 Å². The van der Waals surface area contributed by atoms with Crippen molar-refractivity contribution in [2.45, 2.75) is 11.4 Å². The first-order valence-corrected chi connectivity index (χ1v) is 4.40. The zero-order valence-corrected chi connectivity index (χ0v) is 8.54. The summed E-state index contributed by atoms with van der Waals surface area (Å²) >= 11 is 4.75. The Morgan fingerprint density at radius 3 is 2.27 bits per heavy atom. The number of alkyl halides is 3. The second kappa shape index (κ2) is 4.53. The first-order valence-electron chi connectivity index (χ1n) is 4.02. The van der Waals surface area contributed by atoms with Crippen LogP contribution in [-0.4, -0.2) is 12.5 Å². The molecule has 0 fully saturated rings. The van der Waals surface area contributed by atoms with Gasteiger partial charge in [0.15, 0.2) is 6.04 Å². The molecule has 0 aliphatic rings. The Balaban J connectivity index is 2.98. The topological polar surface area (TPSA) is 38.7 Å². The smallest absolute Gasteiger partial charge is 0.351 e. The Morgan fingerprint density at radius 1 is 1.40 bits per heavy atom. The molecule has 0 aliphatic heterocycles. The number of halogens is 3. The molecule has 0 saturated heterocycles. The van der Waals surface area contributed by atoms with Gasteiger partial charge in [0.2, 0.25) is 0 Å². The number of methoxy groups -OCH3 is 1. The molecule has 0 saturated carbocycles. The maximum Gasteiger partial charge on any atom is 0.351 e. The predicted molar refractivity (Wildman–Crippen MR) is 52.3 cm³/mol. The Kier molecular flexibility index (Phi) is 3.57. The van der Waals surface area contributed by atoms with Crippen molar-refractivity contribution in [3.63, 3.8) is 0 Å². The van der Waals surface area contributed by atoms with Crippen molar-refractivity contribution in [2.75, 3.05) is 7.11 Å². The molecule has 15 heavy (non-hydrogen) atoms. The van der Waals surface area contributed by atoms with E-state index in [1.807, 2.05) is 0 Å². The molecule has 1 aromatic carbocycles. The van der Waals surface area contributed by atoms with Crippen LogP contribution in [0.2, 0.25) is 0 Å². The summed E-state index contributed by atoms with van der Waals surface area (Å²) in [4.78, 5) is 10.3. The van der Waals surface area contributed by atoms with E-state index in [0.717, 1.165) is 0 Å². The molecule has 1 aromatic rings. The third kappa shape index (κ3) is 2.86. The van der Waals surface area contributed by atoms with E-state index in [0.29, 0.717) is 5.75 Å². The molecule has 0 aromatic heterocycles. The van der Waals surface area contributed by atoms with E-state index in [2.05, 4.69) is 5.18 Å². The Morgan fingerprint density at radius 2 is 1.93 bits per heavy atom. The molecule has 0 heterocycles. The van der Waals surface area contributed by atoms with Gasteiger partial charge >= 0.3 is 5.38 Å². The van der Waals surface area contributed by atoms with Crippen molar-refractivity contribution in [2.24, 2.45) is 5.18 Å². The summed E-state index contributed by atoms with van der Waals surface area (Å²) in [6, 6.07) is 3.67. The van der Waals surface area contributed by atoms with E-state index in [1.54, 1.807) is 0 Å². The van der Waals surface area contributed by atoms with Crippen molar-refractivity contribution < 1.29 is 13.5 Å². The number of benzene rings is 1. The summed E-state index contributed by atoms with van der Waals surface area (Å²) in [5.41, 5.74) is 0.0470. The van der Waals surface area contributed by atoms with Crippen LogP contribution >= 0.6 is 11.6 Å². The molecule has 0 amide bonds. The Hall–Kier alpha value is -1.23. The third-order valence-electron chi connectivity index (χ3n) is 1.85. The fourth-order valence-electron chi connectivity index (χ4n) is 1.10. The number of nitroso groups, excluding NO2 is 1. The molecule has 0 N–H and O–H groups in total. The maximum absolute atomic E-state index is 12.7. The molecule has 82 valence electrons. The van der Waals surface area contributed by atoms with E-state index in [9.17, 15) is 13.7 Å². The summed E-state index contributed by atoms with van der Waals surface area (Å²) < 4.78 is 30.2. The summed E-state index contributed by atoms with van der Waals surface area (Å²) in [5.74, 6) is 0.501. The summed E-state index contributed by atoms with van der Waals surface area (Å²) in [5, 5.41) is -1.37. The van der Waals surface area contributed by atoms with Crippen molar-refractivity contribution >= 4 is 11.6 Å². The van der Waals surface area contributed by atoms with Gasteiger partial charge in [-0.25, -0.2) is 0 Å². The van der Waals surface area contributed by atoms with Gasteiger partial charge in [0, 0.05) is 0 Å². The van der Waals surface area contributed by atoms with Crippen LogP contribution in [0.5, 0.6) is 5.75 Å². The van der Waals surface area contributed by atoms with Crippen LogP contribution in [0.25, 0.3) is 0 Å². The average molecular weight is 236 g/mol. The second-order valence-electron chi connectivity index (χ2n) is 2.82. The molecule has 6 heteroatoms. The van der Waals surface area contributed by atoms with Gasteiger partial charge in [-0.15, -0.1) is 4.91 Å². The highest BCUT2D eigenvalue weighted by atomic mass is 35.5. The fourth-order valence-corrected chi connectivity index (χ4v) is 1.26. The summed E-state index contributed by atoms with van der Waals surface area (Å²) in [7, 11) is 1.45. The number of hydrogen-bond donors (Lipinski definition) is 0. The highest BCUT2D eigenvalue weighted by Crippen LogP contribution is 2.38. The van der Waals surface area contributed by atoms with Crippen LogP contribution in [-0.2, 0) is 0 Å². The quantitative estimate of drug-likeness (QED) is 0.593. The lowest BCUT2D eigenvalue weighted by Crippen LogP contribution is -2.17. The van der Waals surface area contributed by atoms with Crippen molar-refractivity contribution in [3.8, 4) is 5.75 Å². The van der Waals surface area contributed by atoms with Crippen LogP contribution in [0.4, 0.5) is 8.78 Å². The number of hydrogen-bond acceptors (Lipinski definition) is 3. The molecule has 1 unspecified atom stereocenters. The zero-order valence-electron chi connectivity index (χ0n) is 7.78. The minimum atomic E-state index is -3.68.